The molecule has 1 N–H and O–H groups in total. The first-order valence-corrected chi connectivity index (χ1v) is 8.41. The van der Waals surface area contributed by atoms with Gasteiger partial charge in [-0.1, -0.05) is 13.8 Å². The Bertz CT molecular complexity index is 317. The Kier molecular flexibility index (Phi) is 6.77. The van der Waals surface area contributed by atoms with Crippen molar-refractivity contribution < 1.29 is 14.3 Å². The van der Waals surface area contributed by atoms with Crippen molar-refractivity contribution in [2.75, 3.05) is 32.9 Å². The molecule has 0 radical (unpaired) electrons. The third-order valence-electron chi connectivity index (χ3n) is 4.48. The quantitative estimate of drug-likeness (QED) is 0.733. The van der Waals surface area contributed by atoms with Crippen molar-refractivity contribution in [1.82, 2.24) is 10.2 Å². The lowest BCUT2D eigenvalue weighted by Gasteiger charge is -2.46. The first-order valence-electron chi connectivity index (χ1n) is 8.41. The molecular formula is C16H30N2O3. The second-order valence-corrected chi connectivity index (χ2v) is 6.59. The molecule has 1 unspecified atom stereocenters. The molecule has 5 nitrogen and oxygen atoms in total. The summed E-state index contributed by atoms with van der Waals surface area (Å²) in [4.78, 5) is 14.1. The second-order valence-electron chi connectivity index (χ2n) is 6.59. The lowest BCUT2D eigenvalue weighted by atomic mass is 9.96. The van der Waals surface area contributed by atoms with Gasteiger partial charge in [-0.3, -0.25) is 4.90 Å². The van der Waals surface area contributed by atoms with Crippen molar-refractivity contribution in [3.63, 3.8) is 0 Å². The summed E-state index contributed by atoms with van der Waals surface area (Å²) in [5.41, 5.74) is 0. The number of ether oxygens (including phenoxy) is 2. The highest BCUT2D eigenvalue weighted by Crippen LogP contribution is 2.26. The SMILES string of the molecule is CC(C)CCCNC(=O)OCC1CCN1C1CCOCC1. The van der Waals surface area contributed by atoms with Crippen molar-refractivity contribution in [2.24, 2.45) is 5.92 Å². The van der Waals surface area contributed by atoms with E-state index in [0.717, 1.165) is 51.9 Å². The molecule has 0 spiro atoms. The Labute approximate surface area is 128 Å². The predicted octanol–water partition coefficient (Wildman–Crippen LogP) is 2.40. The number of rotatable bonds is 7. The highest BCUT2D eigenvalue weighted by Gasteiger charge is 2.35. The maximum atomic E-state index is 11.6. The van der Waals surface area contributed by atoms with Crippen molar-refractivity contribution in [1.29, 1.82) is 0 Å². The molecule has 21 heavy (non-hydrogen) atoms. The van der Waals surface area contributed by atoms with E-state index >= 15 is 0 Å². The molecular weight excluding hydrogens is 268 g/mol. The minimum Gasteiger partial charge on any atom is -0.448 e. The fraction of sp³-hybridized carbons (Fsp3) is 0.938. The van der Waals surface area contributed by atoms with Crippen molar-refractivity contribution >= 4 is 6.09 Å². The molecule has 2 saturated heterocycles. The van der Waals surface area contributed by atoms with Gasteiger partial charge in [0.25, 0.3) is 0 Å². The average molecular weight is 298 g/mol. The largest absolute Gasteiger partial charge is 0.448 e. The molecule has 1 atom stereocenters. The Morgan fingerprint density at radius 2 is 2.10 bits per heavy atom. The van der Waals surface area contributed by atoms with E-state index in [1.807, 2.05) is 0 Å². The van der Waals surface area contributed by atoms with Gasteiger partial charge in [0.2, 0.25) is 0 Å². The number of carbonyl (C=O) groups is 1. The van der Waals surface area contributed by atoms with Crippen LogP contribution in [0.2, 0.25) is 0 Å². The molecule has 2 heterocycles. The summed E-state index contributed by atoms with van der Waals surface area (Å²) in [6.07, 6.45) is 5.25. The third-order valence-corrected chi connectivity index (χ3v) is 4.48. The summed E-state index contributed by atoms with van der Waals surface area (Å²) in [7, 11) is 0. The van der Waals surface area contributed by atoms with E-state index in [1.165, 1.54) is 0 Å². The van der Waals surface area contributed by atoms with Crippen LogP contribution in [0.1, 0.15) is 46.0 Å². The zero-order valence-corrected chi connectivity index (χ0v) is 13.5. The summed E-state index contributed by atoms with van der Waals surface area (Å²) in [6.45, 7) is 8.49. The number of amides is 1. The van der Waals surface area contributed by atoms with Gasteiger partial charge in [-0.25, -0.2) is 4.79 Å². The van der Waals surface area contributed by atoms with E-state index in [1.54, 1.807) is 0 Å². The van der Waals surface area contributed by atoms with E-state index in [9.17, 15) is 4.79 Å². The lowest BCUT2D eigenvalue weighted by molar-refractivity contribution is -0.0426. The highest BCUT2D eigenvalue weighted by atomic mass is 16.5. The lowest BCUT2D eigenvalue weighted by Crippen LogP contribution is -2.56. The molecule has 2 fully saturated rings. The number of alkyl carbamates (subject to hydrolysis) is 1. The standard InChI is InChI=1S/C16H30N2O3/c1-13(2)4-3-8-17-16(19)21-12-15-5-9-18(15)14-6-10-20-11-7-14/h13-15H,3-12H2,1-2H3,(H,17,19). The molecule has 0 saturated carbocycles. The first-order chi connectivity index (χ1) is 10.2. The molecule has 2 aliphatic heterocycles. The van der Waals surface area contributed by atoms with E-state index in [4.69, 9.17) is 9.47 Å². The predicted molar refractivity (Wildman–Crippen MR) is 82.4 cm³/mol. The minimum atomic E-state index is -0.266. The van der Waals surface area contributed by atoms with E-state index in [-0.39, 0.29) is 6.09 Å². The maximum Gasteiger partial charge on any atom is 0.407 e. The zero-order valence-electron chi connectivity index (χ0n) is 13.5. The summed E-state index contributed by atoms with van der Waals surface area (Å²) in [6, 6.07) is 1.03. The summed E-state index contributed by atoms with van der Waals surface area (Å²) in [5.74, 6) is 0.686. The van der Waals surface area contributed by atoms with Gasteiger partial charge in [0.1, 0.15) is 6.61 Å². The van der Waals surface area contributed by atoms with Crippen molar-refractivity contribution in [2.45, 2.75) is 58.0 Å². The molecule has 0 aromatic rings. The molecule has 1 amide bonds. The second kappa shape index (κ2) is 8.59. The van der Waals surface area contributed by atoms with Gasteiger partial charge < -0.3 is 14.8 Å². The van der Waals surface area contributed by atoms with Gasteiger partial charge in [0.15, 0.2) is 0 Å². The summed E-state index contributed by atoms with van der Waals surface area (Å²) < 4.78 is 10.8. The summed E-state index contributed by atoms with van der Waals surface area (Å²) in [5, 5.41) is 2.84. The zero-order chi connectivity index (χ0) is 15.1. The van der Waals surface area contributed by atoms with Crippen LogP contribution in [0, 0.1) is 5.92 Å². The Hall–Kier alpha value is -0.810. The molecule has 2 aliphatic rings. The van der Waals surface area contributed by atoms with E-state index in [2.05, 4.69) is 24.1 Å². The van der Waals surface area contributed by atoms with Crippen LogP contribution in [0.4, 0.5) is 4.79 Å². The molecule has 0 aromatic carbocycles. The number of hydrogen-bond acceptors (Lipinski definition) is 4. The first kappa shape index (κ1) is 16.6. The third kappa shape index (κ3) is 5.47. The van der Waals surface area contributed by atoms with Crippen LogP contribution in [-0.4, -0.2) is 56.0 Å². The number of hydrogen-bond donors (Lipinski definition) is 1. The summed E-state index contributed by atoms with van der Waals surface area (Å²) >= 11 is 0. The highest BCUT2D eigenvalue weighted by molar-refractivity contribution is 5.67. The van der Waals surface area contributed by atoms with Crippen molar-refractivity contribution in [3.8, 4) is 0 Å². The van der Waals surface area contributed by atoms with Crippen LogP contribution in [0.3, 0.4) is 0 Å². The van der Waals surface area contributed by atoms with Crippen LogP contribution in [0.5, 0.6) is 0 Å². The van der Waals surface area contributed by atoms with E-state index < -0.39 is 0 Å². The molecule has 5 heteroatoms. The molecule has 0 aromatic heterocycles. The van der Waals surface area contributed by atoms with Gasteiger partial charge in [-0.2, -0.15) is 0 Å². The normalized spacial score (nSPS) is 23.9. The monoisotopic (exact) mass is 298 g/mol. The van der Waals surface area contributed by atoms with Gasteiger partial charge in [0.05, 0.1) is 0 Å². The number of nitrogens with one attached hydrogen (secondary N) is 1. The molecule has 2 rings (SSSR count). The van der Waals surface area contributed by atoms with E-state index in [0.29, 0.717) is 31.2 Å². The Balaban J connectivity index is 1.56. The number of carbonyl (C=O) groups excluding carboxylic acids is 1. The fourth-order valence-corrected chi connectivity index (χ4v) is 3.06. The molecule has 0 bridgehead atoms. The minimum absolute atomic E-state index is 0.266. The average Bonchev–Trinajstić information content (AvgIpc) is 2.43. The number of nitrogens with zero attached hydrogens (tertiary/aromatic N) is 1. The maximum absolute atomic E-state index is 11.6. The van der Waals surface area contributed by atoms with Gasteiger partial charge >= 0.3 is 6.09 Å². The van der Waals surface area contributed by atoms with Crippen LogP contribution in [-0.2, 0) is 9.47 Å². The number of likely N-dealkylation sites (tertiary alicyclic amines) is 1. The molecule has 0 aliphatic carbocycles. The fourth-order valence-electron chi connectivity index (χ4n) is 3.06. The topological polar surface area (TPSA) is 50.8 Å². The Morgan fingerprint density at radius 3 is 2.71 bits per heavy atom. The van der Waals surface area contributed by atoms with Gasteiger partial charge in [0, 0.05) is 38.4 Å². The smallest absolute Gasteiger partial charge is 0.407 e. The van der Waals surface area contributed by atoms with Crippen LogP contribution < -0.4 is 5.32 Å². The van der Waals surface area contributed by atoms with Crippen LogP contribution in [0.15, 0.2) is 0 Å². The molecule has 122 valence electrons. The van der Waals surface area contributed by atoms with Crippen LogP contribution in [0.25, 0.3) is 0 Å². The van der Waals surface area contributed by atoms with Gasteiger partial charge in [-0.05, 0) is 38.0 Å². The van der Waals surface area contributed by atoms with Crippen LogP contribution >= 0.6 is 0 Å². The van der Waals surface area contributed by atoms with Crippen molar-refractivity contribution in [3.05, 3.63) is 0 Å². The Morgan fingerprint density at radius 1 is 1.33 bits per heavy atom. The van der Waals surface area contributed by atoms with Gasteiger partial charge in [-0.15, -0.1) is 0 Å².